The monoisotopic (exact) mass is 275 g/mol. The average molecular weight is 275 g/mol. The molecule has 108 valence electrons. The van der Waals surface area contributed by atoms with Gasteiger partial charge < -0.3 is 20.3 Å². The first-order valence-corrected chi connectivity index (χ1v) is 7.11. The molecule has 1 unspecified atom stereocenters. The Morgan fingerprint density at radius 1 is 1.30 bits per heavy atom. The van der Waals surface area contributed by atoms with Gasteiger partial charge in [0.15, 0.2) is 0 Å². The number of benzene rings is 1. The van der Waals surface area contributed by atoms with E-state index in [1.54, 1.807) is 7.05 Å². The van der Waals surface area contributed by atoms with E-state index in [4.69, 9.17) is 4.74 Å². The van der Waals surface area contributed by atoms with Crippen molar-refractivity contribution in [3.63, 3.8) is 0 Å². The van der Waals surface area contributed by atoms with Crippen LogP contribution in [0.5, 0.6) is 0 Å². The lowest BCUT2D eigenvalue weighted by molar-refractivity contribution is -0.117. The highest BCUT2D eigenvalue weighted by Gasteiger charge is 2.30. The Labute approximate surface area is 119 Å². The summed E-state index contributed by atoms with van der Waals surface area (Å²) in [6, 6.07) is 5.96. The molecular weight excluding hydrogens is 254 g/mol. The molecule has 0 saturated carbocycles. The van der Waals surface area contributed by atoms with Crippen molar-refractivity contribution in [3.05, 3.63) is 23.8 Å². The van der Waals surface area contributed by atoms with E-state index in [9.17, 15) is 4.79 Å². The van der Waals surface area contributed by atoms with E-state index in [1.165, 1.54) is 0 Å². The van der Waals surface area contributed by atoms with Crippen molar-refractivity contribution < 1.29 is 9.53 Å². The topological polar surface area (TPSA) is 53.6 Å². The van der Waals surface area contributed by atoms with Gasteiger partial charge in [0.2, 0.25) is 5.91 Å². The van der Waals surface area contributed by atoms with Crippen LogP contribution in [0.3, 0.4) is 0 Å². The zero-order chi connectivity index (χ0) is 14.3. The summed E-state index contributed by atoms with van der Waals surface area (Å²) in [6.45, 7) is 5.95. The van der Waals surface area contributed by atoms with Crippen LogP contribution in [0.25, 0.3) is 0 Å². The van der Waals surface area contributed by atoms with Gasteiger partial charge in [0.1, 0.15) is 6.04 Å². The number of nitrogens with one attached hydrogen (secondary N) is 2. The molecule has 3 rings (SSSR count). The van der Waals surface area contributed by atoms with E-state index in [2.05, 4.69) is 41.5 Å². The number of amides is 1. The quantitative estimate of drug-likeness (QED) is 0.859. The van der Waals surface area contributed by atoms with Crippen molar-refractivity contribution in [1.29, 1.82) is 0 Å². The van der Waals surface area contributed by atoms with Crippen molar-refractivity contribution in [2.45, 2.75) is 32.1 Å². The average Bonchev–Trinajstić information content (AvgIpc) is 2.71. The predicted molar refractivity (Wildman–Crippen MR) is 79.1 cm³/mol. The van der Waals surface area contributed by atoms with Gasteiger partial charge in [0.25, 0.3) is 0 Å². The number of morpholine rings is 1. The van der Waals surface area contributed by atoms with Crippen LogP contribution in [0.15, 0.2) is 18.2 Å². The molecule has 3 atom stereocenters. The fourth-order valence-corrected chi connectivity index (χ4v) is 3.12. The van der Waals surface area contributed by atoms with Crippen LogP contribution < -0.4 is 15.5 Å². The zero-order valence-corrected chi connectivity index (χ0v) is 12.1. The van der Waals surface area contributed by atoms with Gasteiger partial charge in [-0.25, -0.2) is 0 Å². The van der Waals surface area contributed by atoms with E-state index < -0.39 is 0 Å². The number of ether oxygens (including phenoxy) is 1. The molecule has 0 aliphatic carbocycles. The summed E-state index contributed by atoms with van der Waals surface area (Å²) in [5.41, 5.74) is 3.08. The molecule has 20 heavy (non-hydrogen) atoms. The molecule has 2 heterocycles. The van der Waals surface area contributed by atoms with Gasteiger partial charge in [-0.05, 0) is 33.0 Å². The molecular formula is C15H21N3O2. The molecule has 5 heteroatoms. The van der Waals surface area contributed by atoms with E-state index >= 15 is 0 Å². The van der Waals surface area contributed by atoms with Gasteiger partial charge in [0.05, 0.1) is 12.2 Å². The minimum absolute atomic E-state index is 0.0170. The maximum Gasteiger partial charge on any atom is 0.246 e. The number of fused-ring (bicyclic) bond motifs is 1. The van der Waals surface area contributed by atoms with Crippen molar-refractivity contribution >= 4 is 17.3 Å². The molecule has 2 aliphatic rings. The SMILES string of the molecule is CNC1C(=O)Nc2cc(N3C[C@@H](C)O[C@@H](C)C3)ccc21. The molecule has 5 nitrogen and oxygen atoms in total. The summed E-state index contributed by atoms with van der Waals surface area (Å²) in [6.07, 6.45) is 0.457. The Morgan fingerprint density at radius 3 is 2.65 bits per heavy atom. The Morgan fingerprint density at radius 2 is 2.00 bits per heavy atom. The molecule has 0 aromatic heterocycles. The molecule has 2 aliphatic heterocycles. The first-order chi connectivity index (χ1) is 9.58. The van der Waals surface area contributed by atoms with E-state index in [0.717, 1.165) is 30.0 Å². The number of nitrogens with zero attached hydrogens (tertiary/aromatic N) is 1. The van der Waals surface area contributed by atoms with Crippen molar-refractivity contribution in [1.82, 2.24) is 5.32 Å². The zero-order valence-electron chi connectivity index (χ0n) is 12.1. The second-order valence-corrected chi connectivity index (χ2v) is 5.64. The number of carbonyl (C=O) groups is 1. The Kier molecular flexibility index (Phi) is 3.40. The van der Waals surface area contributed by atoms with E-state index in [-0.39, 0.29) is 24.2 Å². The summed E-state index contributed by atoms with van der Waals surface area (Å²) in [7, 11) is 1.80. The summed E-state index contributed by atoms with van der Waals surface area (Å²) >= 11 is 0. The van der Waals surface area contributed by atoms with Gasteiger partial charge in [0, 0.05) is 30.0 Å². The third-order valence-corrected chi connectivity index (χ3v) is 3.94. The van der Waals surface area contributed by atoms with Gasteiger partial charge in [-0.2, -0.15) is 0 Å². The first-order valence-electron chi connectivity index (χ1n) is 7.11. The van der Waals surface area contributed by atoms with Crippen LogP contribution in [-0.2, 0) is 9.53 Å². The van der Waals surface area contributed by atoms with Crippen LogP contribution in [0.2, 0.25) is 0 Å². The molecule has 2 N–H and O–H groups in total. The largest absolute Gasteiger partial charge is 0.372 e. The lowest BCUT2D eigenvalue weighted by Crippen LogP contribution is -2.45. The number of likely N-dealkylation sites (N-methyl/N-ethyl adjacent to an activating group) is 1. The normalized spacial score (nSPS) is 29.2. The van der Waals surface area contributed by atoms with E-state index in [1.807, 2.05) is 6.07 Å². The summed E-state index contributed by atoms with van der Waals surface area (Å²) in [5.74, 6) is 0.0170. The highest BCUT2D eigenvalue weighted by molar-refractivity contribution is 6.03. The first kappa shape index (κ1) is 13.4. The standard InChI is InChI=1S/C15H21N3O2/c1-9-7-18(8-10(2)20-9)11-4-5-12-13(6-11)17-15(19)14(12)16-3/h4-6,9-10,14,16H,7-8H2,1-3H3,(H,17,19)/t9-,10+,14?. The van der Waals surface area contributed by atoms with Crippen LogP contribution in [0, 0.1) is 0 Å². The smallest absolute Gasteiger partial charge is 0.246 e. The van der Waals surface area contributed by atoms with Crippen LogP contribution >= 0.6 is 0 Å². The fourth-order valence-electron chi connectivity index (χ4n) is 3.12. The minimum Gasteiger partial charge on any atom is -0.372 e. The predicted octanol–water partition coefficient (Wildman–Crippen LogP) is 1.51. The third-order valence-electron chi connectivity index (χ3n) is 3.94. The summed E-state index contributed by atoms with van der Waals surface area (Å²) in [4.78, 5) is 14.2. The number of hydrogen-bond acceptors (Lipinski definition) is 4. The Balaban J connectivity index is 1.87. The second-order valence-electron chi connectivity index (χ2n) is 5.64. The summed E-state index contributed by atoms with van der Waals surface area (Å²) in [5, 5.41) is 5.98. The molecule has 1 saturated heterocycles. The Hall–Kier alpha value is -1.59. The van der Waals surface area contributed by atoms with Crippen molar-refractivity contribution in [2.24, 2.45) is 0 Å². The molecule has 0 radical (unpaired) electrons. The van der Waals surface area contributed by atoms with Crippen LogP contribution in [0.4, 0.5) is 11.4 Å². The molecule has 1 aromatic carbocycles. The lowest BCUT2D eigenvalue weighted by Gasteiger charge is -2.37. The van der Waals surface area contributed by atoms with E-state index in [0.29, 0.717) is 0 Å². The van der Waals surface area contributed by atoms with Crippen LogP contribution in [-0.4, -0.2) is 38.3 Å². The van der Waals surface area contributed by atoms with Crippen molar-refractivity contribution in [3.8, 4) is 0 Å². The van der Waals surface area contributed by atoms with Gasteiger partial charge in [-0.1, -0.05) is 6.07 Å². The summed E-state index contributed by atoms with van der Waals surface area (Å²) < 4.78 is 5.76. The highest BCUT2D eigenvalue weighted by Crippen LogP contribution is 2.34. The molecule has 0 spiro atoms. The fraction of sp³-hybridized carbons (Fsp3) is 0.533. The number of carbonyl (C=O) groups excluding carboxylic acids is 1. The van der Waals surface area contributed by atoms with Gasteiger partial charge in [-0.3, -0.25) is 4.79 Å². The van der Waals surface area contributed by atoms with Crippen LogP contribution in [0.1, 0.15) is 25.5 Å². The van der Waals surface area contributed by atoms with Gasteiger partial charge in [-0.15, -0.1) is 0 Å². The lowest BCUT2D eigenvalue weighted by atomic mass is 10.1. The highest BCUT2D eigenvalue weighted by atomic mass is 16.5. The number of rotatable bonds is 2. The second kappa shape index (κ2) is 5.07. The van der Waals surface area contributed by atoms with Crippen molar-refractivity contribution in [2.75, 3.05) is 30.4 Å². The molecule has 0 bridgehead atoms. The number of hydrogen-bond donors (Lipinski definition) is 2. The maximum atomic E-state index is 11.8. The number of anilines is 2. The molecule has 1 aromatic rings. The minimum atomic E-state index is -0.235. The Bertz CT molecular complexity index is 522. The maximum absolute atomic E-state index is 11.8. The molecule has 1 fully saturated rings. The van der Waals surface area contributed by atoms with Gasteiger partial charge >= 0.3 is 0 Å². The third kappa shape index (κ3) is 2.27. The molecule has 1 amide bonds.